The summed E-state index contributed by atoms with van der Waals surface area (Å²) in [6, 6.07) is 14.4. The molecule has 1 saturated heterocycles. The molecular formula is C21H23BrN2O. The van der Waals surface area contributed by atoms with E-state index >= 15 is 0 Å². The fourth-order valence-electron chi connectivity index (χ4n) is 3.84. The minimum atomic E-state index is -0.345. The summed E-state index contributed by atoms with van der Waals surface area (Å²) in [5.74, 6) is 0.114. The van der Waals surface area contributed by atoms with E-state index in [1.165, 1.54) is 24.1 Å². The van der Waals surface area contributed by atoms with Crippen LogP contribution in [0.1, 0.15) is 36.8 Å². The molecule has 4 heteroatoms. The van der Waals surface area contributed by atoms with Crippen LogP contribution in [0.2, 0.25) is 0 Å². The Labute approximate surface area is 157 Å². The highest BCUT2D eigenvalue weighted by atomic mass is 79.9. The van der Waals surface area contributed by atoms with Gasteiger partial charge in [-0.3, -0.25) is 4.79 Å². The Balaban J connectivity index is 1.51. The Morgan fingerprint density at radius 2 is 1.76 bits per heavy atom. The molecule has 2 aliphatic rings. The standard InChI is InChI=1S/C21H23BrN2O/c1-15-14-18(8-9-19(15)24-12-2-3-13-24)23-20(25)21(10-11-21)16-4-6-17(22)7-5-16/h4-9,14H,2-3,10-13H2,1H3,(H,23,25). The Bertz CT molecular complexity index is 790. The van der Waals surface area contributed by atoms with Crippen LogP contribution in [-0.2, 0) is 10.2 Å². The third kappa shape index (κ3) is 3.20. The summed E-state index contributed by atoms with van der Waals surface area (Å²) in [6.45, 7) is 4.41. The maximum absolute atomic E-state index is 12.9. The Hall–Kier alpha value is -1.81. The minimum Gasteiger partial charge on any atom is -0.371 e. The number of anilines is 2. The normalized spacial score (nSPS) is 18.2. The maximum Gasteiger partial charge on any atom is 0.235 e. The third-order valence-corrected chi connectivity index (χ3v) is 6.01. The van der Waals surface area contributed by atoms with E-state index in [1.54, 1.807) is 0 Å². The first-order valence-corrected chi connectivity index (χ1v) is 9.81. The molecule has 1 saturated carbocycles. The molecule has 0 unspecified atom stereocenters. The first-order chi connectivity index (χ1) is 12.1. The molecule has 0 atom stereocenters. The van der Waals surface area contributed by atoms with E-state index < -0.39 is 0 Å². The van der Waals surface area contributed by atoms with Crippen molar-refractivity contribution in [2.45, 2.75) is 38.0 Å². The van der Waals surface area contributed by atoms with Crippen LogP contribution in [-0.4, -0.2) is 19.0 Å². The summed E-state index contributed by atoms with van der Waals surface area (Å²) in [5.41, 5.74) is 4.19. The van der Waals surface area contributed by atoms with Gasteiger partial charge in [-0.2, -0.15) is 0 Å². The van der Waals surface area contributed by atoms with E-state index in [2.05, 4.69) is 57.3 Å². The molecular weight excluding hydrogens is 376 g/mol. The second-order valence-corrected chi connectivity index (χ2v) is 8.15. The topological polar surface area (TPSA) is 32.3 Å². The molecule has 1 N–H and O–H groups in total. The summed E-state index contributed by atoms with van der Waals surface area (Å²) in [5, 5.41) is 3.15. The average molecular weight is 399 g/mol. The van der Waals surface area contributed by atoms with Gasteiger partial charge in [0, 0.05) is 28.9 Å². The fraction of sp³-hybridized carbons (Fsp3) is 0.381. The molecule has 0 aromatic heterocycles. The number of rotatable bonds is 4. The number of aryl methyl sites for hydroxylation is 1. The van der Waals surface area contributed by atoms with Gasteiger partial charge in [0.15, 0.2) is 0 Å². The number of halogens is 1. The lowest BCUT2D eigenvalue weighted by molar-refractivity contribution is -0.118. The summed E-state index contributed by atoms with van der Waals surface area (Å²) in [4.78, 5) is 15.3. The van der Waals surface area contributed by atoms with Crippen LogP contribution in [0.5, 0.6) is 0 Å². The predicted molar refractivity (Wildman–Crippen MR) is 106 cm³/mol. The lowest BCUT2D eigenvalue weighted by Gasteiger charge is -2.21. The first kappa shape index (κ1) is 16.6. The van der Waals surface area contributed by atoms with Crippen LogP contribution in [0.3, 0.4) is 0 Å². The van der Waals surface area contributed by atoms with Gasteiger partial charge in [-0.1, -0.05) is 28.1 Å². The average Bonchev–Trinajstić information content (AvgIpc) is 3.24. The van der Waals surface area contributed by atoms with Crippen LogP contribution in [0.15, 0.2) is 46.9 Å². The van der Waals surface area contributed by atoms with Gasteiger partial charge in [-0.05, 0) is 74.1 Å². The summed E-state index contributed by atoms with van der Waals surface area (Å²) >= 11 is 3.46. The number of nitrogens with one attached hydrogen (secondary N) is 1. The van der Waals surface area contributed by atoms with Crippen molar-refractivity contribution in [3.8, 4) is 0 Å². The van der Waals surface area contributed by atoms with E-state index in [-0.39, 0.29) is 11.3 Å². The number of benzene rings is 2. The van der Waals surface area contributed by atoms with E-state index in [0.717, 1.165) is 41.7 Å². The third-order valence-electron chi connectivity index (χ3n) is 5.48. The molecule has 0 spiro atoms. The van der Waals surface area contributed by atoms with Crippen LogP contribution >= 0.6 is 15.9 Å². The van der Waals surface area contributed by atoms with Crippen LogP contribution in [0.25, 0.3) is 0 Å². The van der Waals surface area contributed by atoms with Gasteiger partial charge in [0.25, 0.3) is 0 Å². The Morgan fingerprint density at radius 3 is 2.36 bits per heavy atom. The molecule has 1 amide bonds. The van der Waals surface area contributed by atoms with E-state index in [1.807, 2.05) is 18.2 Å². The van der Waals surface area contributed by atoms with Crippen LogP contribution in [0.4, 0.5) is 11.4 Å². The van der Waals surface area contributed by atoms with E-state index in [4.69, 9.17) is 0 Å². The molecule has 2 fully saturated rings. The lowest BCUT2D eigenvalue weighted by Crippen LogP contribution is -2.28. The molecule has 25 heavy (non-hydrogen) atoms. The van der Waals surface area contributed by atoms with Gasteiger partial charge in [0.2, 0.25) is 5.91 Å². The van der Waals surface area contributed by atoms with Gasteiger partial charge in [-0.25, -0.2) is 0 Å². The molecule has 0 radical (unpaired) electrons. The lowest BCUT2D eigenvalue weighted by atomic mass is 9.95. The predicted octanol–water partition coefficient (Wildman–Crippen LogP) is 5.03. The van der Waals surface area contributed by atoms with E-state index in [9.17, 15) is 4.79 Å². The highest BCUT2D eigenvalue weighted by Gasteiger charge is 2.51. The molecule has 0 bridgehead atoms. The largest absolute Gasteiger partial charge is 0.371 e. The monoisotopic (exact) mass is 398 g/mol. The Morgan fingerprint density at radius 1 is 1.08 bits per heavy atom. The zero-order valence-corrected chi connectivity index (χ0v) is 16.1. The fourth-order valence-corrected chi connectivity index (χ4v) is 4.10. The molecule has 3 nitrogen and oxygen atoms in total. The molecule has 130 valence electrons. The van der Waals surface area contributed by atoms with Crippen molar-refractivity contribution >= 4 is 33.2 Å². The molecule has 2 aromatic carbocycles. The summed E-state index contributed by atoms with van der Waals surface area (Å²) < 4.78 is 1.04. The number of amides is 1. The number of carbonyl (C=O) groups is 1. The number of carbonyl (C=O) groups excluding carboxylic acids is 1. The van der Waals surface area contributed by atoms with Crippen molar-refractivity contribution in [1.82, 2.24) is 0 Å². The highest BCUT2D eigenvalue weighted by Crippen LogP contribution is 2.49. The van der Waals surface area contributed by atoms with Crippen molar-refractivity contribution in [3.05, 3.63) is 58.1 Å². The van der Waals surface area contributed by atoms with Crippen molar-refractivity contribution in [3.63, 3.8) is 0 Å². The van der Waals surface area contributed by atoms with Gasteiger partial charge in [-0.15, -0.1) is 0 Å². The summed E-state index contributed by atoms with van der Waals surface area (Å²) in [6.07, 6.45) is 4.39. The summed E-state index contributed by atoms with van der Waals surface area (Å²) in [7, 11) is 0. The van der Waals surface area contributed by atoms with Crippen molar-refractivity contribution < 1.29 is 4.79 Å². The van der Waals surface area contributed by atoms with Crippen LogP contribution < -0.4 is 10.2 Å². The van der Waals surface area contributed by atoms with Gasteiger partial charge in [0.05, 0.1) is 5.41 Å². The molecule has 4 rings (SSSR count). The van der Waals surface area contributed by atoms with Crippen molar-refractivity contribution in [1.29, 1.82) is 0 Å². The van der Waals surface area contributed by atoms with E-state index in [0.29, 0.717) is 0 Å². The van der Waals surface area contributed by atoms with Crippen LogP contribution in [0, 0.1) is 6.92 Å². The number of hydrogen-bond acceptors (Lipinski definition) is 2. The quantitative estimate of drug-likeness (QED) is 0.782. The first-order valence-electron chi connectivity index (χ1n) is 9.02. The van der Waals surface area contributed by atoms with Gasteiger partial charge < -0.3 is 10.2 Å². The number of nitrogens with zero attached hydrogens (tertiary/aromatic N) is 1. The van der Waals surface area contributed by atoms with Gasteiger partial charge in [0.1, 0.15) is 0 Å². The second-order valence-electron chi connectivity index (χ2n) is 7.24. The highest BCUT2D eigenvalue weighted by molar-refractivity contribution is 9.10. The Kier molecular flexibility index (Phi) is 4.32. The van der Waals surface area contributed by atoms with Crippen molar-refractivity contribution in [2.24, 2.45) is 0 Å². The molecule has 1 aliphatic carbocycles. The SMILES string of the molecule is Cc1cc(NC(=O)C2(c3ccc(Br)cc3)CC2)ccc1N1CCCC1. The smallest absolute Gasteiger partial charge is 0.235 e. The van der Waals surface area contributed by atoms with Crippen molar-refractivity contribution in [2.75, 3.05) is 23.3 Å². The minimum absolute atomic E-state index is 0.114. The molecule has 2 aromatic rings. The zero-order chi connectivity index (χ0) is 17.4. The zero-order valence-electron chi connectivity index (χ0n) is 14.5. The second kappa shape index (κ2) is 6.49. The molecule has 1 heterocycles. The van der Waals surface area contributed by atoms with Gasteiger partial charge >= 0.3 is 0 Å². The maximum atomic E-state index is 12.9. The molecule has 1 aliphatic heterocycles. The number of hydrogen-bond donors (Lipinski definition) is 1.